The van der Waals surface area contributed by atoms with Crippen molar-refractivity contribution >= 4 is 41.5 Å². The van der Waals surface area contributed by atoms with Crippen LogP contribution in [0.15, 0.2) is 27.7 Å². The van der Waals surface area contributed by atoms with E-state index in [1.54, 1.807) is 12.3 Å². The van der Waals surface area contributed by atoms with Gasteiger partial charge >= 0.3 is 0 Å². The van der Waals surface area contributed by atoms with Crippen molar-refractivity contribution in [1.82, 2.24) is 20.6 Å². The molecule has 0 spiro atoms. The second-order valence-electron chi connectivity index (χ2n) is 5.11. The summed E-state index contributed by atoms with van der Waals surface area (Å²) in [6.45, 7) is 7.80. The highest BCUT2D eigenvalue weighted by molar-refractivity contribution is 14.0. The zero-order valence-corrected chi connectivity index (χ0v) is 17.2. The Morgan fingerprint density at radius 1 is 1.29 bits per heavy atom. The highest BCUT2D eigenvalue weighted by Gasteiger charge is 2.05. The fourth-order valence-electron chi connectivity index (χ4n) is 1.97. The Morgan fingerprint density at radius 3 is 2.67 bits per heavy atom. The van der Waals surface area contributed by atoms with Gasteiger partial charge in [0.1, 0.15) is 17.5 Å². The zero-order valence-electron chi connectivity index (χ0n) is 14.1. The molecule has 0 aromatic carbocycles. The second kappa shape index (κ2) is 10.5. The lowest BCUT2D eigenvalue weighted by molar-refractivity contribution is 0.473. The zero-order chi connectivity index (χ0) is 16.7. The topological polar surface area (TPSA) is 75.3 Å². The van der Waals surface area contributed by atoms with Gasteiger partial charge in [-0.25, -0.2) is 15.0 Å². The third kappa shape index (κ3) is 6.64. The van der Waals surface area contributed by atoms with Crippen LogP contribution in [0.5, 0.6) is 0 Å². The number of guanidine groups is 1. The number of pyridine rings is 1. The summed E-state index contributed by atoms with van der Waals surface area (Å²) >= 11 is 5.78. The number of aromatic nitrogens is 2. The number of hydrogen-bond donors (Lipinski definition) is 2. The maximum Gasteiger partial charge on any atom is 0.216 e. The lowest BCUT2D eigenvalue weighted by atomic mass is 10.2. The van der Waals surface area contributed by atoms with Crippen molar-refractivity contribution in [1.29, 1.82) is 0 Å². The normalized spacial score (nSPS) is 11.1. The van der Waals surface area contributed by atoms with Crippen LogP contribution in [0.2, 0.25) is 5.15 Å². The van der Waals surface area contributed by atoms with Crippen LogP contribution in [-0.4, -0.2) is 29.0 Å². The van der Waals surface area contributed by atoms with E-state index in [1.807, 2.05) is 26.8 Å². The van der Waals surface area contributed by atoms with Gasteiger partial charge in [-0.05, 0) is 38.8 Å². The minimum Gasteiger partial charge on any atom is -0.444 e. The number of nitrogens with one attached hydrogen (secondary N) is 2. The Bertz CT molecular complexity index is 637. The van der Waals surface area contributed by atoms with Gasteiger partial charge in [-0.2, -0.15) is 0 Å². The van der Waals surface area contributed by atoms with Crippen molar-refractivity contribution in [2.45, 2.75) is 33.7 Å². The fraction of sp³-hybridized carbons (Fsp3) is 0.438. The Labute approximate surface area is 164 Å². The number of rotatable bonds is 6. The minimum atomic E-state index is 0. The Kier molecular flexibility index (Phi) is 9.05. The number of oxazole rings is 1. The third-order valence-electron chi connectivity index (χ3n) is 3.28. The summed E-state index contributed by atoms with van der Waals surface area (Å²) in [5.74, 6) is 2.20. The number of nitrogens with zero attached hydrogens (tertiary/aromatic N) is 3. The Balaban J connectivity index is 0.00000288. The van der Waals surface area contributed by atoms with Crippen LogP contribution in [0.25, 0.3) is 0 Å². The molecule has 2 aromatic heterocycles. The van der Waals surface area contributed by atoms with Gasteiger partial charge in [0.05, 0.1) is 5.69 Å². The molecular formula is C16H23ClIN5O. The summed E-state index contributed by atoms with van der Waals surface area (Å²) in [5.41, 5.74) is 2.03. The number of aryl methyl sites for hydroxylation is 2. The summed E-state index contributed by atoms with van der Waals surface area (Å²) in [6.07, 6.45) is 2.62. The van der Waals surface area contributed by atoms with Gasteiger partial charge in [0, 0.05) is 19.3 Å². The number of aliphatic imine (C=N–C) groups is 1. The lowest BCUT2D eigenvalue weighted by Crippen LogP contribution is -2.38. The van der Waals surface area contributed by atoms with Crippen molar-refractivity contribution in [3.63, 3.8) is 0 Å². The molecule has 2 rings (SSSR count). The first-order valence-corrected chi connectivity index (χ1v) is 8.01. The number of halogens is 2. The highest BCUT2D eigenvalue weighted by Crippen LogP contribution is 2.09. The molecule has 6 nitrogen and oxygen atoms in total. The average Bonchev–Trinajstić information content (AvgIpc) is 2.85. The van der Waals surface area contributed by atoms with Crippen molar-refractivity contribution in [2.75, 3.05) is 13.1 Å². The SMILES string of the molecule is CCNC(=NCc1nc(C)c(C)o1)NCCc1ccc(Cl)nc1.I. The molecule has 0 atom stereocenters. The van der Waals surface area contributed by atoms with Gasteiger partial charge in [0.15, 0.2) is 5.96 Å². The Morgan fingerprint density at radius 2 is 2.08 bits per heavy atom. The van der Waals surface area contributed by atoms with Crippen LogP contribution in [0.3, 0.4) is 0 Å². The molecule has 0 aliphatic carbocycles. The predicted molar refractivity (Wildman–Crippen MR) is 107 cm³/mol. The van der Waals surface area contributed by atoms with Gasteiger partial charge in [-0.3, -0.25) is 0 Å². The predicted octanol–water partition coefficient (Wildman–Crippen LogP) is 3.26. The van der Waals surface area contributed by atoms with Gasteiger partial charge in [-0.1, -0.05) is 17.7 Å². The first-order valence-electron chi connectivity index (χ1n) is 7.64. The Hall–Kier alpha value is -1.35. The van der Waals surface area contributed by atoms with Gasteiger partial charge in [0.25, 0.3) is 0 Å². The van der Waals surface area contributed by atoms with Crippen LogP contribution in [-0.2, 0) is 13.0 Å². The molecule has 0 fully saturated rings. The molecule has 0 amide bonds. The second-order valence-corrected chi connectivity index (χ2v) is 5.50. The molecule has 8 heteroatoms. The first-order chi connectivity index (χ1) is 11.1. The van der Waals surface area contributed by atoms with Crippen LogP contribution >= 0.6 is 35.6 Å². The fourth-order valence-corrected chi connectivity index (χ4v) is 2.09. The van der Waals surface area contributed by atoms with E-state index in [0.29, 0.717) is 17.6 Å². The van der Waals surface area contributed by atoms with Gasteiger partial charge < -0.3 is 15.1 Å². The highest BCUT2D eigenvalue weighted by atomic mass is 127. The maximum atomic E-state index is 5.78. The minimum absolute atomic E-state index is 0. The van der Waals surface area contributed by atoms with E-state index < -0.39 is 0 Å². The smallest absolute Gasteiger partial charge is 0.216 e. The van der Waals surface area contributed by atoms with E-state index in [-0.39, 0.29) is 24.0 Å². The van der Waals surface area contributed by atoms with E-state index in [1.165, 1.54) is 0 Å². The molecule has 24 heavy (non-hydrogen) atoms. The molecule has 0 radical (unpaired) electrons. The standard InChI is InChI=1S/C16H22ClN5O.HI/c1-4-18-16(21-10-15-22-11(2)12(3)23-15)19-8-7-13-5-6-14(17)20-9-13;/h5-6,9H,4,7-8,10H2,1-3H3,(H2,18,19,21);1H. The average molecular weight is 464 g/mol. The molecule has 0 aliphatic rings. The summed E-state index contributed by atoms with van der Waals surface area (Å²) in [7, 11) is 0. The molecule has 0 aliphatic heterocycles. The van der Waals surface area contributed by atoms with E-state index in [4.69, 9.17) is 16.0 Å². The lowest BCUT2D eigenvalue weighted by Gasteiger charge is -2.10. The summed E-state index contributed by atoms with van der Waals surface area (Å²) in [5, 5.41) is 6.99. The molecule has 2 N–H and O–H groups in total. The molecule has 132 valence electrons. The number of hydrogen-bond acceptors (Lipinski definition) is 4. The molecule has 0 unspecified atom stereocenters. The van der Waals surface area contributed by atoms with Crippen LogP contribution in [0.1, 0.15) is 29.8 Å². The molecule has 0 saturated carbocycles. The maximum absolute atomic E-state index is 5.78. The van der Waals surface area contributed by atoms with Gasteiger partial charge in [0.2, 0.25) is 5.89 Å². The van der Waals surface area contributed by atoms with E-state index in [2.05, 4.69) is 25.6 Å². The summed E-state index contributed by atoms with van der Waals surface area (Å²) in [4.78, 5) is 12.9. The third-order valence-corrected chi connectivity index (χ3v) is 3.51. The quantitative estimate of drug-likeness (QED) is 0.298. The molecule has 2 aromatic rings. The molecular weight excluding hydrogens is 441 g/mol. The monoisotopic (exact) mass is 463 g/mol. The summed E-state index contributed by atoms with van der Waals surface area (Å²) in [6, 6.07) is 3.77. The van der Waals surface area contributed by atoms with Crippen molar-refractivity contribution < 1.29 is 4.42 Å². The molecule has 0 bridgehead atoms. The molecule has 0 saturated heterocycles. The van der Waals surface area contributed by atoms with Crippen LogP contribution in [0, 0.1) is 13.8 Å². The van der Waals surface area contributed by atoms with Crippen LogP contribution in [0.4, 0.5) is 0 Å². The van der Waals surface area contributed by atoms with E-state index >= 15 is 0 Å². The van der Waals surface area contributed by atoms with Crippen molar-refractivity contribution in [2.24, 2.45) is 4.99 Å². The molecule has 2 heterocycles. The van der Waals surface area contributed by atoms with Gasteiger partial charge in [-0.15, -0.1) is 24.0 Å². The van der Waals surface area contributed by atoms with Crippen molar-refractivity contribution in [3.05, 3.63) is 46.4 Å². The van der Waals surface area contributed by atoms with E-state index in [0.717, 1.165) is 42.5 Å². The van der Waals surface area contributed by atoms with Crippen LogP contribution < -0.4 is 10.6 Å². The van der Waals surface area contributed by atoms with Crippen molar-refractivity contribution in [3.8, 4) is 0 Å². The first kappa shape index (κ1) is 20.7. The summed E-state index contributed by atoms with van der Waals surface area (Å²) < 4.78 is 5.53. The largest absolute Gasteiger partial charge is 0.444 e. The van der Waals surface area contributed by atoms with E-state index in [9.17, 15) is 0 Å².